The summed E-state index contributed by atoms with van der Waals surface area (Å²) < 4.78 is 0. The van der Waals surface area contributed by atoms with Crippen LogP contribution in [0.5, 0.6) is 0 Å². The van der Waals surface area contributed by atoms with Gasteiger partial charge in [0.2, 0.25) is 5.91 Å². The molecular formula is C21H28ClN3O. The highest BCUT2D eigenvalue weighted by Gasteiger charge is 2.24. The highest BCUT2D eigenvalue weighted by molar-refractivity contribution is 6.34. The van der Waals surface area contributed by atoms with Gasteiger partial charge in [0, 0.05) is 6.20 Å². The van der Waals surface area contributed by atoms with Gasteiger partial charge in [0.25, 0.3) is 0 Å². The van der Waals surface area contributed by atoms with Crippen molar-refractivity contribution in [3.63, 3.8) is 0 Å². The number of aryl methyl sites for hydroxylation is 3. The molecule has 4 nitrogen and oxygen atoms in total. The Kier molecular flexibility index (Phi) is 6.79. The minimum absolute atomic E-state index is 0.00784. The van der Waals surface area contributed by atoms with E-state index < -0.39 is 0 Å². The van der Waals surface area contributed by atoms with Crippen LogP contribution in [0.3, 0.4) is 0 Å². The molecule has 0 radical (unpaired) electrons. The van der Waals surface area contributed by atoms with Crippen molar-refractivity contribution in [2.24, 2.45) is 5.92 Å². The van der Waals surface area contributed by atoms with Crippen LogP contribution >= 0.6 is 11.6 Å². The Bertz CT molecular complexity index is 766. The standard InChI is InChI=1S/C21H28ClN3O/c1-12(2)18(20-14(4)8-7-9-23-20)24-16(6)21(26)25-19-15(5)10-13(3)11-17(19)22/h7-12,16,18,24H,1-6H3,(H,25,26). The van der Waals surface area contributed by atoms with Gasteiger partial charge in [-0.05, 0) is 62.4 Å². The van der Waals surface area contributed by atoms with Gasteiger partial charge in [0.15, 0.2) is 0 Å². The topological polar surface area (TPSA) is 54.0 Å². The molecule has 1 aromatic carbocycles. The summed E-state index contributed by atoms with van der Waals surface area (Å²) in [5, 5.41) is 6.95. The summed E-state index contributed by atoms with van der Waals surface area (Å²) in [5.74, 6) is 0.182. The zero-order valence-corrected chi connectivity index (χ0v) is 17.1. The normalized spacial score (nSPS) is 13.5. The number of benzene rings is 1. The van der Waals surface area contributed by atoms with Crippen LogP contribution < -0.4 is 10.6 Å². The molecule has 0 spiro atoms. The number of anilines is 1. The average molecular weight is 374 g/mol. The van der Waals surface area contributed by atoms with Crippen molar-refractivity contribution >= 4 is 23.2 Å². The Morgan fingerprint density at radius 3 is 2.38 bits per heavy atom. The van der Waals surface area contributed by atoms with Crippen molar-refractivity contribution in [1.82, 2.24) is 10.3 Å². The first-order valence-electron chi connectivity index (χ1n) is 8.96. The van der Waals surface area contributed by atoms with Crippen molar-refractivity contribution in [1.29, 1.82) is 0 Å². The quantitative estimate of drug-likeness (QED) is 0.751. The number of hydrogen-bond acceptors (Lipinski definition) is 3. The van der Waals surface area contributed by atoms with Crippen LogP contribution in [0.4, 0.5) is 5.69 Å². The predicted octanol–water partition coefficient (Wildman–Crippen LogP) is 4.97. The molecule has 2 N–H and O–H groups in total. The van der Waals surface area contributed by atoms with E-state index in [9.17, 15) is 4.79 Å². The first kappa shape index (κ1) is 20.4. The molecule has 0 aliphatic heterocycles. The third kappa shape index (κ3) is 4.83. The summed E-state index contributed by atoms with van der Waals surface area (Å²) in [4.78, 5) is 17.2. The van der Waals surface area contributed by atoms with Crippen LogP contribution in [0.15, 0.2) is 30.5 Å². The minimum Gasteiger partial charge on any atom is -0.323 e. The number of nitrogens with zero attached hydrogens (tertiary/aromatic N) is 1. The van der Waals surface area contributed by atoms with E-state index in [4.69, 9.17) is 11.6 Å². The van der Waals surface area contributed by atoms with Gasteiger partial charge in [0.1, 0.15) is 0 Å². The second-order valence-electron chi connectivity index (χ2n) is 7.24. The largest absolute Gasteiger partial charge is 0.323 e. The average Bonchev–Trinajstić information content (AvgIpc) is 2.56. The van der Waals surface area contributed by atoms with E-state index in [-0.39, 0.29) is 18.0 Å². The molecular weight excluding hydrogens is 346 g/mol. The molecule has 2 rings (SSSR count). The van der Waals surface area contributed by atoms with Crippen LogP contribution in [0, 0.1) is 26.7 Å². The molecule has 140 valence electrons. The van der Waals surface area contributed by atoms with Crippen molar-refractivity contribution < 1.29 is 4.79 Å². The molecule has 0 saturated carbocycles. The van der Waals surface area contributed by atoms with E-state index in [0.717, 1.165) is 22.4 Å². The smallest absolute Gasteiger partial charge is 0.241 e. The molecule has 1 amide bonds. The molecule has 0 aliphatic carbocycles. The number of pyridine rings is 1. The Hall–Kier alpha value is -1.91. The molecule has 1 heterocycles. The summed E-state index contributed by atoms with van der Waals surface area (Å²) >= 11 is 6.31. The maximum absolute atomic E-state index is 12.7. The van der Waals surface area contributed by atoms with Crippen molar-refractivity contribution in [2.45, 2.75) is 53.6 Å². The molecule has 5 heteroatoms. The first-order valence-corrected chi connectivity index (χ1v) is 9.33. The van der Waals surface area contributed by atoms with E-state index in [1.807, 2.05) is 52.0 Å². The molecule has 0 saturated heterocycles. The summed E-state index contributed by atoms with van der Waals surface area (Å²) in [6, 6.07) is 7.44. The summed E-state index contributed by atoms with van der Waals surface area (Å²) in [6.45, 7) is 12.1. The molecule has 0 aliphatic rings. The van der Waals surface area contributed by atoms with Crippen LogP contribution in [-0.4, -0.2) is 16.9 Å². The van der Waals surface area contributed by atoms with Gasteiger partial charge in [-0.3, -0.25) is 15.1 Å². The van der Waals surface area contributed by atoms with E-state index in [1.54, 1.807) is 6.20 Å². The highest BCUT2D eigenvalue weighted by atomic mass is 35.5. The van der Waals surface area contributed by atoms with Crippen molar-refractivity contribution in [3.05, 3.63) is 57.9 Å². The van der Waals surface area contributed by atoms with E-state index >= 15 is 0 Å². The fraction of sp³-hybridized carbons (Fsp3) is 0.429. The molecule has 1 aromatic heterocycles. The number of nitrogens with one attached hydrogen (secondary N) is 2. The number of halogens is 1. The lowest BCUT2D eigenvalue weighted by Crippen LogP contribution is -2.42. The second kappa shape index (κ2) is 8.65. The number of hydrogen-bond donors (Lipinski definition) is 2. The first-order chi connectivity index (χ1) is 12.2. The molecule has 2 unspecified atom stereocenters. The van der Waals surface area contributed by atoms with Crippen LogP contribution in [0.1, 0.15) is 49.2 Å². The zero-order chi connectivity index (χ0) is 19.4. The molecule has 26 heavy (non-hydrogen) atoms. The summed E-state index contributed by atoms with van der Waals surface area (Å²) in [6.07, 6.45) is 1.79. The third-order valence-electron chi connectivity index (χ3n) is 4.51. The molecule has 2 aromatic rings. The van der Waals surface area contributed by atoms with Gasteiger partial charge in [-0.2, -0.15) is 0 Å². The molecule has 0 bridgehead atoms. The summed E-state index contributed by atoms with van der Waals surface area (Å²) in [5.41, 5.74) is 4.79. The molecule has 0 fully saturated rings. The molecule has 2 atom stereocenters. The van der Waals surface area contributed by atoms with Crippen LogP contribution in [0.2, 0.25) is 5.02 Å². The van der Waals surface area contributed by atoms with Crippen molar-refractivity contribution in [3.8, 4) is 0 Å². The Labute approximate surface area is 161 Å². The van der Waals surface area contributed by atoms with Crippen LogP contribution in [0.25, 0.3) is 0 Å². The second-order valence-corrected chi connectivity index (χ2v) is 7.65. The number of aromatic nitrogens is 1. The number of carbonyl (C=O) groups excluding carboxylic acids is 1. The Morgan fingerprint density at radius 2 is 1.81 bits per heavy atom. The SMILES string of the molecule is Cc1cc(C)c(NC(=O)C(C)NC(c2ncccc2C)C(C)C)c(Cl)c1. The monoisotopic (exact) mass is 373 g/mol. The number of amides is 1. The summed E-state index contributed by atoms with van der Waals surface area (Å²) in [7, 11) is 0. The van der Waals surface area contributed by atoms with E-state index in [2.05, 4.69) is 29.5 Å². The van der Waals surface area contributed by atoms with Crippen molar-refractivity contribution in [2.75, 3.05) is 5.32 Å². The van der Waals surface area contributed by atoms with Crippen LogP contribution in [-0.2, 0) is 4.79 Å². The Morgan fingerprint density at radius 1 is 1.12 bits per heavy atom. The van der Waals surface area contributed by atoms with Gasteiger partial charge < -0.3 is 5.32 Å². The van der Waals surface area contributed by atoms with Gasteiger partial charge in [-0.15, -0.1) is 0 Å². The van der Waals surface area contributed by atoms with E-state index in [0.29, 0.717) is 16.6 Å². The Balaban J connectivity index is 2.16. The predicted molar refractivity (Wildman–Crippen MR) is 109 cm³/mol. The zero-order valence-electron chi connectivity index (χ0n) is 16.4. The lowest BCUT2D eigenvalue weighted by molar-refractivity contribution is -0.118. The maximum Gasteiger partial charge on any atom is 0.241 e. The van der Waals surface area contributed by atoms with Gasteiger partial charge >= 0.3 is 0 Å². The lowest BCUT2D eigenvalue weighted by Gasteiger charge is -2.27. The van der Waals surface area contributed by atoms with Gasteiger partial charge in [0.05, 0.1) is 28.5 Å². The van der Waals surface area contributed by atoms with Gasteiger partial charge in [-0.25, -0.2) is 0 Å². The number of carbonyl (C=O) groups is 1. The number of rotatable bonds is 6. The fourth-order valence-electron chi connectivity index (χ4n) is 3.06. The highest BCUT2D eigenvalue weighted by Crippen LogP contribution is 2.28. The fourth-order valence-corrected chi connectivity index (χ4v) is 3.43. The van der Waals surface area contributed by atoms with E-state index in [1.165, 1.54) is 0 Å². The maximum atomic E-state index is 12.7. The van der Waals surface area contributed by atoms with Gasteiger partial charge in [-0.1, -0.05) is 37.6 Å². The third-order valence-corrected chi connectivity index (χ3v) is 4.81. The lowest BCUT2D eigenvalue weighted by atomic mass is 9.96. The minimum atomic E-state index is -0.388.